The fourth-order valence-corrected chi connectivity index (χ4v) is 0.638. The van der Waals surface area contributed by atoms with Gasteiger partial charge in [0.05, 0.1) is 0 Å². The van der Waals surface area contributed by atoms with Crippen molar-refractivity contribution in [2.45, 2.75) is 6.54 Å². The number of primary amides is 1. The van der Waals surface area contributed by atoms with Gasteiger partial charge in [-0.15, -0.1) is 0 Å². The van der Waals surface area contributed by atoms with E-state index in [1.807, 2.05) is 5.32 Å². The quantitative estimate of drug-likeness (QED) is 0.560. The molecule has 0 saturated carbocycles. The predicted octanol–water partition coefficient (Wildman–Crippen LogP) is -1.53. The van der Waals surface area contributed by atoms with Gasteiger partial charge in [0.2, 0.25) is 5.91 Å². The summed E-state index contributed by atoms with van der Waals surface area (Å²) >= 11 is 0. The molecule has 12 heavy (non-hydrogen) atoms. The van der Waals surface area contributed by atoms with E-state index in [-0.39, 0.29) is 6.54 Å². The van der Waals surface area contributed by atoms with Crippen LogP contribution >= 0.6 is 0 Å². The second kappa shape index (κ2) is 3.46. The van der Waals surface area contributed by atoms with Gasteiger partial charge in [-0.05, 0) is 0 Å². The molecule has 7 nitrogen and oxygen atoms in total. The Bertz CT molecular complexity index is 280. The largest absolute Gasteiger partial charge is 0.351 e. The van der Waals surface area contributed by atoms with Gasteiger partial charge in [-0.25, -0.2) is 14.5 Å². The Labute approximate surface area is 67.6 Å². The second-order valence-electron chi connectivity index (χ2n) is 2.01. The molecule has 3 amide bonds. The van der Waals surface area contributed by atoms with E-state index in [4.69, 9.17) is 5.73 Å². The van der Waals surface area contributed by atoms with Crippen LogP contribution in [0.5, 0.6) is 0 Å². The van der Waals surface area contributed by atoms with Crippen LogP contribution in [0.25, 0.3) is 0 Å². The van der Waals surface area contributed by atoms with Gasteiger partial charge >= 0.3 is 6.03 Å². The van der Waals surface area contributed by atoms with E-state index >= 15 is 0 Å². The lowest BCUT2D eigenvalue weighted by molar-refractivity contribution is -0.120. The maximum absolute atomic E-state index is 10.8. The number of carbonyl (C=O) groups is 2. The molecular formula is C5H7N5O2. The molecule has 0 aliphatic rings. The molecule has 0 aliphatic heterocycles. The number of nitrogens with two attached hydrogens (primary N) is 1. The first-order chi connectivity index (χ1) is 5.68. The zero-order valence-electron chi connectivity index (χ0n) is 6.10. The Balaban J connectivity index is 2.42. The summed E-state index contributed by atoms with van der Waals surface area (Å²) in [5, 5.41) is 5.55. The third-order valence-electron chi connectivity index (χ3n) is 1.03. The number of hydrogen-bond donors (Lipinski definition) is 2. The Kier molecular flexibility index (Phi) is 2.36. The van der Waals surface area contributed by atoms with Gasteiger partial charge in [0, 0.05) is 0 Å². The maximum Gasteiger partial charge on any atom is 0.318 e. The molecule has 0 spiro atoms. The van der Waals surface area contributed by atoms with E-state index in [2.05, 4.69) is 10.1 Å². The van der Waals surface area contributed by atoms with Crippen molar-refractivity contribution >= 4 is 11.9 Å². The van der Waals surface area contributed by atoms with Crippen molar-refractivity contribution in [3.63, 3.8) is 0 Å². The molecule has 1 aromatic rings. The van der Waals surface area contributed by atoms with Crippen LogP contribution in [0, 0.1) is 0 Å². The number of imide groups is 1. The van der Waals surface area contributed by atoms with E-state index in [1.54, 1.807) is 0 Å². The predicted molar refractivity (Wildman–Crippen MR) is 37.7 cm³/mol. The SMILES string of the molecule is NC(=O)NC(=O)Cn1cncn1. The molecule has 64 valence electrons. The summed E-state index contributed by atoms with van der Waals surface area (Å²) in [6.45, 7) is -0.0665. The van der Waals surface area contributed by atoms with Crippen LogP contribution in [-0.4, -0.2) is 26.7 Å². The smallest absolute Gasteiger partial charge is 0.318 e. The van der Waals surface area contributed by atoms with Crippen molar-refractivity contribution in [1.82, 2.24) is 20.1 Å². The molecular weight excluding hydrogens is 162 g/mol. The van der Waals surface area contributed by atoms with Crippen LogP contribution in [0.2, 0.25) is 0 Å². The molecule has 0 unspecified atom stereocenters. The summed E-state index contributed by atoms with van der Waals surface area (Å²) in [6, 6.07) is -0.875. The summed E-state index contributed by atoms with van der Waals surface area (Å²) in [5.41, 5.74) is 4.71. The van der Waals surface area contributed by atoms with E-state index in [9.17, 15) is 9.59 Å². The number of carbonyl (C=O) groups excluding carboxylic acids is 2. The highest BCUT2D eigenvalue weighted by Crippen LogP contribution is 1.79. The molecule has 3 N–H and O–H groups in total. The van der Waals surface area contributed by atoms with Crippen LogP contribution in [0.4, 0.5) is 4.79 Å². The number of nitrogens with one attached hydrogen (secondary N) is 1. The highest BCUT2D eigenvalue weighted by molar-refractivity contribution is 5.93. The maximum atomic E-state index is 10.8. The fraction of sp³-hybridized carbons (Fsp3) is 0.200. The van der Waals surface area contributed by atoms with Crippen LogP contribution in [-0.2, 0) is 11.3 Å². The van der Waals surface area contributed by atoms with E-state index in [1.165, 1.54) is 17.3 Å². The highest BCUT2D eigenvalue weighted by Gasteiger charge is 2.04. The minimum atomic E-state index is -0.875. The topological polar surface area (TPSA) is 103 Å². The van der Waals surface area contributed by atoms with Crippen LogP contribution in [0.1, 0.15) is 0 Å². The standard InChI is InChI=1S/C5H7N5O2/c6-5(12)9-4(11)1-10-3-7-2-8-10/h2-3H,1H2,(H3,6,9,11,12). The van der Waals surface area contributed by atoms with Gasteiger partial charge in [0.1, 0.15) is 19.2 Å². The third-order valence-corrected chi connectivity index (χ3v) is 1.03. The molecule has 0 aliphatic carbocycles. The first-order valence-corrected chi connectivity index (χ1v) is 3.10. The van der Waals surface area contributed by atoms with Gasteiger partial charge in [-0.2, -0.15) is 5.10 Å². The van der Waals surface area contributed by atoms with Crippen LogP contribution < -0.4 is 11.1 Å². The minimum Gasteiger partial charge on any atom is -0.351 e. The second-order valence-corrected chi connectivity index (χ2v) is 2.01. The number of urea groups is 1. The van der Waals surface area contributed by atoms with Crippen molar-refractivity contribution in [2.75, 3.05) is 0 Å². The number of aromatic nitrogens is 3. The summed E-state index contributed by atoms with van der Waals surface area (Å²) in [5.74, 6) is -0.520. The lowest BCUT2D eigenvalue weighted by atomic mass is 10.6. The van der Waals surface area contributed by atoms with Gasteiger partial charge in [0.15, 0.2) is 0 Å². The lowest BCUT2D eigenvalue weighted by Crippen LogP contribution is -2.37. The Morgan fingerprint density at radius 2 is 2.33 bits per heavy atom. The van der Waals surface area contributed by atoms with Crippen LogP contribution in [0.3, 0.4) is 0 Å². The summed E-state index contributed by atoms with van der Waals surface area (Å²) < 4.78 is 1.28. The van der Waals surface area contributed by atoms with E-state index < -0.39 is 11.9 Å². The molecule has 0 fully saturated rings. The summed E-state index contributed by atoms with van der Waals surface area (Å²) in [4.78, 5) is 24.6. The van der Waals surface area contributed by atoms with Gasteiger partial charge in [0.25, 0.3) is 0 Å². The summed E-state index contributed by atoms with van der Waals surface area (Å²) in [7, 11) is 0. The fourth-order valence-electron chi connectivity index (χ4n) is 0.638. The van der Waals surface area contributed by atoms with Crippen molar-refractivity contribution in [3.05, 3.63) is 12.7 Å². The molecule has 7 heteroatoms. The van der Waals surface area contributed by atoms with E-state index in [0.717, 1.165) is 0 Å². The van der Waals surface area contributed by atoms with Crippen molar-refractivity contribution in [2.24, 2.45) is 5.73 Å². The molecule has 0 aromatic carbocycles. The van der Waals surface area contributed by atoms with E-state index in [0.29, 0.717) is 0 Å². The number of rotatable bonds is 2. The molecule has 1 aromatic heterocycles. The molecule has 1 rings (SSSR count). The van der Waals surface area contributed by atoms with Crippen molar-refractivity contribution in [1.29, 1.82) is 0 Å². The molecule has 0 radical (unpaired) electrons. The first kappa shape index (κ1) is 8.18. The van der Waals surface area contributed by atoms with Gasteiger partial charge in [-0.3, -0.25) is 10.1 Å². The number of hydrogen-bond acceptors (Lipinski definition) is 4. The third kappa shape index (κ3) is 2.37. The Morgan fingerprint density at radius 3 is 2.83 bits per heavy atom. The van der Waals surface area contributed by atoms with Crippen LogP contribution in [0.15, 0.2) is 12.7 Å². The minimum absolute atomic E-state index is 0.0665. The zero-order chi connectivity index (χ0) is 8.97. The lowest BCUT2D eigenvalue weighted by Gasteiger charge is -1.98. The number of amides is 3. The average molecular weight is 169 g/mol. The average Bonchev–Trinajstić information content (AvgIpc) is 2.37. The molecule has 0 atom stereocenters. The monoisotopic (exact) mass is 169 g/mol. The summed E-state index contributed by atoms with van der Waals surface area (Å²) in [6.07, 6.45) is 2.65. The first-order valence-electron chi connectivity index (χ1n) is 3.10. The van der Waals surface area contributed by atoms with Crippen molar-refractivity contribution < 1.29 is 9.59 Å². The molecule has 0 saturated heterocycles. The highest BCUT2D eigenvalue weighted by atomic mass is 16.2. The Hall–Kier alpha value is -1.92. The zero-order valence-corrected chi connectivity index (χ0v) is 6.10. The van der Waals surface area contributed by atoms with Gasteiger partial charge < -0.3 is 5.73 Å². The Morgan fingerprint density at radius 1 is 1.58 bits per heavy atom. The molecule has 1 heterocycles. The van der Waals surface area contributed by atoms with Crippen molar-refractivity contribution in [3.8, 4) is 0 Å². The normalized spacial score (nSPS) is 9.33. The molecule has 0 bridgehead atoms. The number of nitrogens with zero attached hydrogens (tertiary/aromatic N) is 3. The van der Waals surface area contributed by atoms with Gasteiger partial charge in [-0.1, -0.05) is 0 Å².